The number of thioether (sulfide) groups is 1. The lowest BCUT2D eigenvalue weighted by molar-refractivity contribution is -0.146. The number of hydrogen-bond acceptors (Lipinski definition) is 4. The number of halogens is 2. The predicted molar refractivity (Wildman–Crippen MR) is 97.8 cm³/mol. The minimum absolute atomic E-state index is 0.242. The molecule has 0 radical (unpaired) electrons. The normalized spacial score (nSPS) is 11.6. The van der Waals surface area contributed by atoms with Crippen LogP contribution in [0.3, 0.4) is 0 Å². The quantitative estimate of drug-likeness (QED) is 0.582. The Balaban J connectivity index is 1.82. The average molecular weight is 384 g/mol. The van der Waals surface area contributed by atoms with Crippen molar-refractivity contribution in [2.45, 2.75) is 17.1 Å². The molecule has 2 rings (SSSR count). The third-order valence-electron chi connectivity index (χ3n) is 2.96. The highest BCUT2D eigenvalue weighted by molar-refractivity contribution is 8.00. The number of amides is 1. The van der Waals surface area contributed by atoms with Gasteiger partial charge in [0.1, 0.15) is 5.25 Å². The maximum absolute atomic E-state index is 12.0. The van der Waals surface area contributed by atoms with Crippen molar-refractivity contribution in [2.24, 2.45) is 0 Å². The van der Waals surface area contributed by atoms with Crippen LogP contribution >= 0.6 is 35.0 Å². The maximum atomic E-state index is 12.0. The fourth-order valence-electron chi connectivity index (χ4n) is 1.79. The molecule has 1 amide bonds. The van der Waals surface area contributed by atoms with Crippen molar-refractivity contribution in [1.29, 1.82) is 0 Å². The molecule has 24 heavy (non-hydrogen) atoms. The summed E-state index contributed by atoms with van der Waals surface area (Å²) < 4.78 is 5.03. The van der Waals surface area contributed by atoms with Gasteiger partial charge in [0.15, 0.2) is 6.61 Å². The largest absolute Gasteiger partial charge is 0.455 e. The summed E-state index contributed by atoms with van der Waals surface area (Å²) in [6, 6.07) is 14.4. The molecular formula is C17H15Cl2NO3S. The zero-order chi connectivity index (χ0) is 17.5. The summed E-state index contributed by atoms with van der Waals surface area (Å²) in [5, 5.41) is 2.71. The van der Waals surface area contributed by atoms with Gasteiger partial charge in [0.25, 0.3) is 5.91 Å². The number of carbonyl (C=O) groups is 2. The molecule has 2 aromatic rings. The van der Waals surface area contributed by atoms with E-state index in [2.05, 4.69) is 5.32 Å². The molecule has 0 fully saturated rings. The van der Waals surface area contributed by atoms with Crippen molar-refractivity contribution in [1.82, 2.24) is 0 Å². The first-order chi connectivity index (χ1) is 11.5. The smallest absolute Gasteiger partial charge is 0.319 e. The van der Waals surface area contributed by atoms with E-state index in [-0.39, 0.29) is 11.6 Å². The molecule has 1 atom stereocenters. The minimum Gasteiger partial charge on any atom is -0.455 e. The Kier molecular flexibility index (Phi) is 6.97. The monoisotopic (exact) mass is 383 g/mol. The van der Waals surface area contributed by atoms with Gasteiger partial charge in [-0.1, -0.05) is 47.5 Å². The highest BCUT2D eigenvalue weighted by Crippen LogP contribution is 2.29. The Morgan fingerprint density at radius 3 is 2.54 bits per heavy atom. The first-order valence-electron chi connectivity index (χ1n) is 7.09. The molecule has 7 heteroatoms. The number of benzene rings is 2. The molecule has 0 aliphatic rings. The van der Waals surface area contributed by atoms with Crippen LogP contribution in [0.4, 0.5) is 5.69 Å². The topological polar surface area (TPSA) is 55.4 Å². The molecule has 4 nitrogen and oxygen atoms in total. The van der Waals surface area contributed by atoms with Gasteiger partial charge in [-0.15, -0.1) is 11.8 Å². The van der Waals surface area contributed by atoms with E-state index in [0.717, 1.165) is 4.90 Å². The van der Waals surface area contributed by atoms with Gasteiger partial charge >= 0.3 is 5.97 Å². The number of nitrogens with one attached hydrogen (secondary N) is 1. The zero-order valence-electron chi connectivity index (χ0n) is 12.8. The summed E-state index contributed by atoms with van der Waals surface area (Å²) in [7, 11) is 0. The van der Waals surface area contributed by atoms with Gasteiger partial charge in [-0.2, -0.15) is 0 Å². The van der Waals surface area contributed by atoms with Crippen LogP contribution < -0.4 is 5.32 Å². The molecule has 0 aromatic heterocycles. The van der Waals surface area contributed by atoms with E-state index in [9.17, 15) is 9.59 Å². The van der Waals surface area contributed by atoms with Gasteiger partial charge in [-0.25, -0.2) is 0 Å². The highest BCUT2D eigenvalue weighted by Gasteiger charge is 2.17. The first-order valence-corrected chi connectivity index (χ1v) is 8.73. The Bertz CT molecular complexity index is 725. The van der Waals surface area contributed by atoms with Crippen LogP contribution in [-0.4, -0.2) is 23.7 Å². The molecule has 2 aromatic carbocycles. The molecule has 0 aliphatic carbocycles. The molecule has 0 saturated carbocycles. The van der Waals surface area contributed by atoms with Gasteiger partial charge in [0.05, 0.1) is 15.7 Å². The summed E-state index contributed by atoms with van der Waals surface area (Å²) in [6.45, 7) is 1.34. The fraction of sp³-hybridized carbons (Fsp3) is 0.176. The van der Waals surface area contributed by atoms with Gasteiger partial charge in [0.2, 0.25) is 0 Å². The summed E-state index contributed by atoms with van der Waals surface area (Å²) in [5.74, 6) is -0.944. The van der Waals surface area contributed by atoms with Gasteiger partial charge in [-0.3, -0.25) is 9.59 Å². The molecule has 0 saturated heterocycles. The molecule has 0 aliphatic heterocycles. The average Bonchev–Trinajstić information content (AvgIpc) is 2.57. The third-order valence-corrected chi connectivity index (χ3v) is 4.87. The fourth-order valence-corrected chi connectivity index (χ4v) is 3.03. The van der Waals surface area contributed by atoms with Crippen LogP contribution in [0, 0.1) is 0 Å². The lowest BCUT2D eigenvalue weighted by Crippen LogP contribution is -2.24. The first kappa shape index (κ1) is 18.6. The van der Waals surface area contributed by atoms with Crippen LogP contribution in [0.2, 0.25) is 10.0 Å². The molecule has 0 heterocycles. The zero-order valence-corrected chi connectivity index (χ0v) is 15.1. The van der Waals surface area contributed by atoms with E-state index in [0.29, 0.717) is 10.7 Å². The Labute approximate surface area is 154 Å². The summed E-state index contributed by atoms with van der Waals surface area (Å²) >= 11 is 13.2. The number of ether oxygens (including phenoxy) is 1. The molecular weight excluding hydrogens is 369 g/mol. The van der Waals surface area contributed by atoms with Crippen molar-refractivity contribution in [3.05, 3.63) is 58.6 Å². The second kappa shape index (κ2) is 8.97. The molecule has 126 valence electrons. The Morgan fingerprint density at radius 1 is 1.12 bits per heavy atom. The predicted octanol–water partition coefficient (Wildman–Crippen LogP) is 4.66. The number of rotatable bonds is 6. The SMILES string of the molecule is C[C@@H](Sc1ccccc1)C(=O)OCC(=O)Nc1cccc(Cl)c1Cl. The van der Waals surface area contributed by atoms with Crippen LogP contribution in [0.1, 0.15) is 6.92 Å². The van der Waals surface area contributed by atoms with Gasteiger partial charge in [-0.05, 0) is 31.2 Å². The minimum atomic E-state index is -0.482. The van der Waals surface area contributed by atoms with E-state index in [1.54, 1.807) is 25.1 Å². The van der Waals surface area contributed by atoms with Crippen molar-refractivity contribution in [3.8, 4) is 0 Å². The lowest BCUT2D eigenvalue weighted by Gasteiger charge is -2.12. The van der Waals surface area contributed by atoms with Crippen LogP contribution in [0.15, 0.2) is 53.4 Å². The molecule has 1 N–H and O–H groups in total. The Hall–Kier alpha value is -1.69. The number of esters is 1. The Morgan fingerprint density at radius 2 is 1.83 bits per heavy atom. The van der Waals surface area contributed by atoms with Crippen LogP contribution in [0.25, 0.3) is 0 Å². The van der Waals surface area contributed by atoms with Crippen LogP contribution in [0.5, 0.6) is 0 Å². The van der Waals surface area contributed by atoms with E-state index >= 15 is 0 Å². The van der Waals surface area contributed by atoms with Crippen molar-refractivity contribution >= 4 is 52.5 Å². The second-order valence-corrected chi connectivity index (χ2v) is 7.03. The third kappa shape index (κ3) is 5.44. The van der Waals surface area contributed by atoms with E-state index in [4.69, 9.17) is 27.9 Å². The lowest BCUT2D eigenvalue weighted by atomic mass is 10.3. The summed E-state index contributed by atoms with van der Waals surface area (Å²) in [5.41, 5.74) is 0.372. The standard InChI is InChI=1S/C17H15Cl2NO3S/c1-11(24-12-6-3-2-4-7-12)17(22)23-10-15(21)20-14-9-5-8-13(18)16(14)19/h2-9,11H,10H2,1H3,(H,20,21)/t11-/m1/s1. The maximum Gasteiger partial charge on any atom is 0.319 e. The number of hydrogen-bond donors (Lipinski definition) is 1. The summed E-state index contributed by atoms with van der Waals surface area (Å²) in [6.07, 6.45) is 0. The van der Waals surface area contributed by atoms with Gasteiger partial charge in [0, 0.05) is 4.90 Å². The van der Waals surface area contributed by atoms with Crippen molar-refractivity contribution in [3.63, 3.8) is 0 Å². The molecule has 0 unspecified atom stereocenters. The molecule has 0 bridgehead atoms. The number of carbonyl (C=O) groups excluding carboxylic acids is 2. The highest BCUT2D eigenvalue weighted by atomic mass is 35.5. The van der Waals surface area contributed by atoms with E-state index in [1.807, 2.05) is 30.3 Å². The molecule has 0 spiro atoms. The van der Waals surface area contributed by atoms with E-state index in [1.165, 1.54) is 11.8 Å². The van der Waals surface area contributed by atoms with Gasteiger partial charge < -0.3 is 10.1 Å². The summed E-state index contributed by atoms with van der Waals surface area (Å²) in [4.78, 5) is 24.8. The van der Waals surface area contributed by atoms with Crippen molar-refractivity contribution in [2.75, 3.05) is 11.9 Å². The number of anilines is 1. The van der Waals surface area contributed by atoms with E-state index < -0.39 is 17.1 Å². The van der Waals surface area contributed by atoms with Crippen LogP contribution in [-0.2, 0) is 14.3 Å². The second-order valence-electron chi connectivity index (χ2n) is 4.83. The van der Waals surface area contributed by atoms with Crippen molar-refractivity contribution < 1.29 is 14.3 Å².